The average molecular weight is 349 g/mol. The Morgan fingerprint density at radius 3 is 2.50 bits per heavy atom. The van der Waals surface area contributed by atoms with Crippen molar-refractivity contribution >= 4 is 11.9 Å². The molecule has 0 saturated heterocycles. The fraction of sp³-hybridized carbons (Fsp3) is 0.150. The molecule has 3 aromatic rings. The molecular weight excluding hydrogens is 330 g/mol. The molecule has 0 aliphatic rings. The second kappa shape index (κ2) is 7.23. The summed E-state index contributed by atoms with van der Waals surface area (Å²) in [6.45, 7) is 3.40. The molecule has 1 aromatic heterocycles. The number of carbonyl (C=O) groups excluding carboxylic acids is 2. The number of rotatable bonds is 5. The highest BCUT2D eigenvalue weighted by atomic mass is 16.5. The molecular formula is C20H19N3O3. The van der Waals surface area contributed by atoms with Gasteiger partial charge in [0.15, 0.2) is 6.10 Å². The van der Waals surface area contributed by atoms with E-state index in [2.05, 4.69) is 5.10 Å². The van der Waals surface area contributed by atoms with Crippen LogP contribution in [0.1, 0.15) is 22.8 Å². The van der Waals surface area contributed by atoms with Gasteiger partial charge in [-0.1, -0.05) is 42.0 Å². The number of hydrogen-bond donors (Lipinski definition) is 1. The van der Waals surface area contributed by atoms with Crippen molar-refractivity contribution in [3.05, 3.63) is 71.9 Å². The van der Waals surface area contributed by atoms with Gasteiger partial charge in [-0.15, -0.1) is 0 Å². The zero-order valence-electron chi connectivity index (χ0n) is 14.5. The lowest BCUT2D eigenvalue weighted by molar-refractivity contribution is -0.125. The van der Waals surface area contributed by atoms with E-state index in [0.717, 1.165) is 16.8 Å². The topological polar surface area (TPSA) is 87.2 Å². The number of benzene rings is 2. The van der Waals surface area contributed by atoms with Crippen LogP contribution in [0, 0.1) is 6.92 Å². The first-order chi connectivity index (χ1) is 12.5. The number of nitrogens with two attached hydrogens (primary N) is 1. The lowest BCUT2D eigenvalue weighted by Gasteiger charge is -2.09. The summed E-state index contributed by atoms with van der Waals surface area (Å²) in [5.74, 6) is -1.35. The summed E-state index contributed by atoms with van der Waals surface area (Å²) < 4.78 is 6.79. The first-order valence-electron chi connectivity index (χ1n) is 8.18. The molecule has 0 unspecified atom stereocenters. The van der Waals surface area contributed by atoms with Gasteiger partial charge in [0, 0.05) is 11.8 Å². The highest BCUT2D eigenvalue weighted by Gasteiger charge is 2.23. The summed E-state index contributed by atoms with van der Waals surface area (Å²) in [7, 11) is 0. The molecule has 0 bridgehead atoms. The molecule has 0 radical (unpaired) electrons. The summed E-state index contributed by atoms with van der Waals surface area (Å²) in [5, 5.41) is 4.56. The molecule has 6 nitrogen and oxygen atoms in total. The summed E-state index contributed by atoms with van der Waals surface area (Å²) in [5.41, 5.74) is 8.59. The van der Waals surface area contributed by atoms with Crippen LogP contribution in [0.15, 0.2) is 60.8 Å². The normalized spacial score (nSPS) is 11.8. The van der Waals surface area contributed by atoms with E-state index in [-0.39, 0.29) is 5.56 Å². The Balaban J connectivity index is 2.07. The average Bonchev–Trinajstić information content (AvgIpc) is 3.08. The van der Waals surface area contributed by atoms with Gasteiger partial charge >= 0.3 is 5.97 Å². The number of hydrogen-bond acceptors (Lipinski definition) is 4. The van der Waals surface area contributed by atoms with Gasteiger partial charge in [0.25, 0.3) is 5.91 Å². The number of aromatic nitrogens is 2. The van der Waals surface area contributed by atoms with Crippen LogP contribution in [0.4, 0.5) is 0 Å². The molecule has 6 heteroatoms. The minimum atomic E-state index is -1.02. The molecule has 2 N–H and O–H groups in total. The lowest BCUT2D eigenvalue weighted by atomic mass is 10.1. The second-order valence-electron chi connectivity index (χ2n) is 5.99. The largest absolute Gasteiger partial charge is 0.449 e. The molecule has 0 aliphatic carbocycles. The monoisotopic (exact) mass is 349 g/mol. The van der Waals surface area contributed by atoms with Gasteiger partial charge in [-0.2, -0.15) is 5.10 Å². The maximum Gasteiger partial charge on any atom is 0.342 e. The number of esters is 1. The van der Waals surface area contributed by atoms with E-state index in [9.17, 15) is 9.59 Å². The number of carbonyl (C=O) groups is 2. The third-order valence-electron chi connectivity index (χ3n) is 3.93. The van der Waals surface area contributed by atoms with E-state index in [0.29, 0.717) is 5.69 Å². The molecule has 0 aliphatic heterocycles. The SMILES string of the molecule is Cc1cccc(-c2nn(-c3ccccc3)cc2C(=O)O[C@@H](C)C(N)=O)c1. The van der Waals surface area contributed by atoms with Crippen LogP contribution < -0.4 is 5.73 Å². The van der Waals surface area contributed by atoms with E-state index in [4.69, 9.17) is 10.5 Å². The summed E-state index contributed by atoms with van der Waals surface area (Å²) in [6, 6.07) is 17.1. The number of para-hydroxylation sites is 1. The van der Waals surface area contributed by atoms with Crippen molar-refractivity contribution in [2.45, 2.75) is 20.0 Å². The van der Waals surface area contributed by atoms with Gasteiger partial charge in [0.1, 0.15) is 11.3 Å². The highest BCUT2D eigenvalue weighted by Crippen LogP contribution is 2.25. The molecule has 3 rings (SSSR count). The predicted molar refractivity (Wildman–Crippen MR) is 97.8 cm³/mol. The number of ether oxygens (including phenoxy) is 1. The van der Waals surface area contributed by atoms with Crippen LogP contribution in [-0.4, -0.2) is 27.8 Å². The van der Waals surface area contributed by atoms with Crippen LogP contribution in [-0.2, 0) is 9.53 Å². The van der Waals surface area contributed by atoms with Crippen molar-refractivity contribution in [1.82, 2.24) is 9.78 Å². The van der Waals surface area contributed by atoms with E-state index < -0.39 is 18.0 Å². The van der Waals surface area contributed by atoms with E-state index in [1.54, 1.807) is 10.9 Å². The molecule has 0 spiro atoms. The Morgan fingerprint density at radius 2 is 1.85 bits per heavy atom. The van der Waals surface area contributed by atoms with Crippen LogP contribution in [0.5, 0.6) is 0 Å². The van der Waals surface area contributed by atoms with Gasteiger partial charge in [-0.25, -0.2) is 9.48 Å². The fourth-order valence-electron chi connectivity index (χ4n) is 2.52. The lowest BCUT2D eigenvalue weighted by Crippen LogP contribution is -2.30. The van der Waals surface area contributed by atoms with Crippen molar-refractivity contribution in [1.29, 1.82) is 0 Å². The quantitative estimate of drug-likeness (QED) is 0.718. The van der Waals surface area contributed by atoms with Gasteiger partial charge < -0.3 is 10.5 Å². The number of nitrogens with zero attached hydrogens (tertiary/aromatic N) is 2. The maximum atomic E-state index is 12.6. The van der Waals surface area contributed by atoms with Crippen LogP contribution in [0.3, 0.4) is 0 Å². The van der Waals surface area contributed by atoms with Crippen LogP contribution in [0.25, 0.3) is 16.9 Å². The van der Waals surface area contributed by atoms with Crippen molar-refractivity contribution < 1.29 is 14.3 Å². The predicted octanol–water partition coefficient (Wildman–Crippen LogP) is 2.88. The number of aryl methyl sites for hydroxylation is 1. The van der Waals surface area contributed by atoms with Gasteiger partial charge in [-0.3, -0.25) is 4.79 Å². The van der Waals surface area contributed by atoms with E-state index in [1.807, 2.05) is 61.5 Å². The van der Waals surface area contributed by atoms with Crippen molar-refractivity contribution in [2.24, 2.45) is 5.73 Å². The van der Waals surface area contributed by atoms with Gasteiger partial charge in [0.05, 0.1) is 5.69 Å². The van der Waals surface area contributed by atoms with Gasteiger partial charge in [-0.05, 0) is 32.0 Å². The zero-order chi connectivity index (χ0) is 18.7. The Morgan fingerprint density at radius 1 is 1.12 bits per heavy atom. The highest BCUT2D eigenvalue weighted by molar-refractivity contribution is 5.97. The van der Waals surface area contributed by atoms with E-state index >= 15 is 0 Å². The Bertz CT molecular complexity index is 948. The minimum Gasteiger partial charge on any atom is -0.449 e. The molecule has 132 valence electrons. The Labute approximate surface area is 151 Å². The van der Waals surface area contributed by atoms with Gasteiger partial charge in [0.2, 0.25) is 0 Å². The zero-order valence-corrected chi connectivity index (χ0v) is 14.5. The minimum absolute atomic E-state index is 0.271. The number of primary amides is 1. The second-order valence-corrected chi connectivity index (χ2v) is 5.99. The van der Waals surface area contributed by atoms with Crippen molar-refractivity contribution in [3.8, 4) is 16.9 Å². The molecule has 26 heavy (non-hydrogen) atoms. The fourth-order valence-corrected chi connectivity index (χ4v) is 2.52. The van der Waals surface area contributed by atoms with Crippen LogP contribution in [0.2, 0.25) is 0 Å². The third-order valence-corrected chi connectivity index (χ3v) is 3.93. The Hall–Kier alpha value is -3.41. The number of amides is 1. The molecule has 1 amide bonds. The summed E-state index contributed by atoms with van der Waals surface area (Å²) >= 11 is 0. The van der Waals surface area contributed by atoms with E-state index in [1.165, 1.54) is 6.92 Å². The third kappa shape index (κ3) is 3.64. The standard InChI is InChI=1S/C20H19N3O3/c1-13-7-6-8-15(11-13)18-17(20(25)26-14(2)19(21)24)12-23(22-18)16-9-4-3-5-10-16/h3-12,14H,1-2H3,(H2,21,24)/t14-/m0/s1. The molecule has 2 aromatic carbocycles. The molecule has 0 saturated carbocycles. The first kappa shape index (κ1) is 17.4. The van der Waals surface area contributed by atoms with Crippen LogP contribution >= 0.6 is 0 Å². The molecule has 1 atom stereocenters. The smallest absolute Gasteiger partial charge is 0.342 e. The first-order valence-corrected chi connectivity index (χ1v) is 8.18. The Kier molecular flexibility index (Phi) is 4.84. The summed E-state index contributed by atoms with van der Waals surface area (Å²) in [6.07, 6.45) is 0.580. The molecule has 1 heterocycles. The van der Waals surface area contributed by atoms with Crippen molar-refractivity contribution in [3.63, 3.8) is 0 Å². The summed E-state index contributed by atoms with van der Waals surface area (Å²) in [4.78, 5) is 23.8. The molecule has 0 fully saturated rings. The maximum absolute atomic E-state index is 12.6. The van der Waals surface area contributed by atoms with Crippen molar-refractivity contribution in [2.75, 3.05) is 0 Å².